The van der Waals surface area contributed by atoms with Crippen molar-refractivity contribution in [3.05, 3.63) is 35.9 Å². The second-order valence-corrected chi connectivity index (χ2v) is 3.76. The van der Waals surface area contributed by atoms with Gasteiger partial charge in [-0.2, -0.15) is 30.3 Å². The Kier molecular flexibility index (Phi) is 7.58. The van der Waals surface area contributed by atoms with Crippen molar-refractivity contribution in [2.75, 3.05) is 6.67 Å². The molecule has 0 aliphatic rings. The predicted molar refractivity (Wildman–Crippen MR) is 58.1 cm³/mol. The van der Waals surface area contributed by atoms with Gasteiger partial charge in [0.25, 0.3) is 0 Å². The maximum atomic E-state index is 14.7. The molecule has 0 nitrogen and oxygen atoms in total. The van der Waals surface area contributed by atoms with E-state index < -0.39 is 18.3 Å². The molecule has 0 aromatic heterocycles. The molecule has 0 saturated heterocycles. The normalized spacial score (nSPS) is 16.0. The fraction of sp³-hybridized carbons (Fsp3) is 0.538. The summed E-state index contributed by atoms with van der Waals surface area (Å²) in [6, 6.07) is 9.55. The van der Waals surface area contributed by atoms with Crippen molar-refractivity contribution in [1.82, 2.24) is 0 Å². The monoisotopic (exact) mass is 300 g/mol. The van der Waals surface area contributed by atoms with Gasteiger partial charge in [0.2, 0.25) is 0 Å². The standard InChI is InChI=1S/C13H17F2.Y/c1-3-11(10-14)13(15,4-2)12-8-6-5-7-9-12;/h6-9,11H,3-4,10H2,1-2H3;/q-1;. The fourth-order valence-electron chi connectivity index (χ4n) is 1.95. The number of alkyl halides is 2. The zero-order valence-corrected chi connectivity index (χ0v) is 12.7. The third kappa shape index (κ3) is 3.34. The summed E-state index contributed by atoms with van der Waals surface area (Å²) < 4.78 is 27.4. The molecule has 0 heterocycles. The molecule has 0 bridgehead atoms. The summed E-state index contributed by atoms with van der Waals surface area (Å²) in [6.45, 7) is 2.97. The SMILES string of the molecule is CCC(CF)C(F)(CC)c1cc[c-]cc1.[Y]. The van der Waals surface area contributed by atoms with E-state index in [1.807, 2.05) is 6.92 Å². The van der Waals surface area contributed by atoms with Crippen LogP contribution in [0.4, 0.5) is 8.78 Å². The van der Waals surface area contributed by atoms with Crippen molar-refractivity contribution >= 4 is 0 Å². The van der Waals surface area contributed by atoms with Gasteiger partial charge in [-0.3, -0.25) is 4.39 Å². The van der Waals surface area contributed by atoms with Crippen molar-refractivity contribution in [3.8, 4) is 0 Å². The van der Waals surface area contributed by atoms with Crippen LogP contribution in [0.5, 0.6) is 0 Å². The summed E-state index contributed by atoms with van der Waals surface area (Å²) in [5.41, 5.74) is -0.980. The molecule has 0 spiro atoms. The van der Waals surface area contributed by atoms with E-state index in [0.717, 1.165) is 0 Å². The average Bonchev–Trinajstić information content (AvgIpc) is 2.31. The van der Waals surface area contributed by atoms with Gasteiger partial charge in [-0.15, -0.1) is 5.56 Å². The topological polar surface area (TPSA) is 0 Å². The maximum Gasteiger partial charge on any atom is 0.119 e. The summed E-state index contributed by atoms with van der Waals surface area (Å²) >= 11 is 0. The molecule has 3 heteroatoms. The van der Waals surface area contributed by atoms with Crippen LogP contribution in [0.1, 0.15) is 32.3 Å². The molecular formula is C13H17F2Y-. The maximum absolute atomic E-state index is 14.7. The predicted octanol–water partition coefficient (Wildman–Crippen LogP) is 4.05. The molecule has 1 radical (unpaired) electrons. The molecule has 0 N–H and O–H groups in total. The zero-order valence-electron chi connectivity index (χ0n) is 9.84. The van der Waals surface area contributed by atoms with Crippen LogP contribution in [-0.4, -0.2) is 6.67 Å². The van der Waals surface area contributed by atoms with E-state index in [4.69, 9.17) is 0 Å². The van der Waals surface area contributed by atoms with Crippen molar-refractivity contribution in [3.63, 3.8) is 0 Å². The first-order chi connectivity index (χ1) is 7.19. The van der Waals surface area contributed by atoms with E-state index in [1.165, 1.54) is 0 Å². The third-order valence-electron chi connectivity index (χ3n) is 3.04. The molecule has 1 aromatic carbocycles. The van der Waals surface area contributed by atoms with E-state index in [9.17, 15) is 8.78 Å². The van der Waals surface area contributed by atoms with Gasteiger partial charge >= 0.3 is 0 Å². The molecule has 0 aliphatic carbocycles. The number of halogens is 2. The fourth-order valence-corrected chi connectivity index (χ4v) is 1.95. The van der Waals surface area contributed by atoms with Crippen LogP contribution in [0.3, 0.4) is 0 Å². The van der Waals surface area contributed by atoms with Gasteiger partial charge in [0, 0.05) is 38.6 Å². The molecule has 1 aromatic rings. The Morgan fingerprint density at radius 2 is 1.88 bits per heavy atom. The van der Waals surface area contributed by atoms with Crippen molar-refractivity contribution in [1.29, 1.82) is 0 Å². The minimum Gasteiger partial charge on any atom is -0.251 e. The Bertz CT molecular complexity index is 285. The van der Waals surface area contributed by atoms with Gasteiger partial charge in [-0.1, -0.05) is 13.8 Å². The first-order valence-electron chi connectivity index (χ1n) is 5.40. The Balaban J connectivity index is 0.00000225. The largest absolute Gasteiger partial charge is 0.251 e. The molecule has 0 fully saturated rings. The van der Waals surface area contributed by atoms with Crippen molar-refractivity contribution in [2.45, 2.75) is 32.4 Å². The molecule has 0 amide bonds. The molecule has 0 saturated carbocycles. The van der Waals surface area contributed by atoms with Crippen LogP contribution in [0, 0.1) is 12.0 Å². The van der Waals surface area contributed by atoms with E-state index in [-0.39, 0.29) is 32.7 Å². The number of hydrogen-bond donors (Lipinski definition) is 0. The smallest absolute Gasteiger partial charge is 0.119 e. The number of rotatable bonds is 5. The number of hydrogen-bond acceptors (Lipinski definition) is 0. The molecule has 0 aliphatic heterocycles. The molecule has 16 heavy (non-hydrogen) atoms. The Hall–Kier alpha value is 0.184. The molecular weight excluding hydrogens is 283 g/mol. The van der Waals surface area contributed by atoms with Gasteiger partial charge < -0.3 is 0 Å². The zero-order chi connectivity index (χ0) is 11.3. The van der Waals surface area contributed by atoms with Crippen LogP contribution in [-0.2, 0) is 38.4 Å². The third-order valence-corrected chi connectivity index (χ3v) is 3.04. The first-order valence-corrected chi connectivity index (χ1v) is 5.40. The van der Waals surface area contributed by atoms with E-state index in [0.29, 0.717) is 18.4 Å². The first kappa shape index (κ1) is 16.2. The van der Waals surface area contributed by atoms with Gasteiger partial charge in [0.05, 0.1) is 6.67 Å². The minimum atomic E-state index is -1.54. The summed E-state index contributed by atoms with van der Waals surface area (Å²) in [4.78, 5) is 0. The van der Waals surface area contributed by atoms with E-state index >= 15 is 0 Å². The second-order valence-electron chi connectivity index (χ2n) is 3.76. The average molecular weight is 300 g/mol. The van der Waals surface area contributed by atoms with Crippen molar-refractivity contribution in [2.24, 2.45) is 5.92 Å². The summed E-state index contributed by atoms with van der Waals surface area (Å²) in [7, 11) is 0. The van der Waals surface area contributed by atoms with Crippen LogP contribution < -0.4 is 0 Å². The second kappa shape index (κ2) is 7.50. The van der Waals surface area contributed by atoms with Crippen LogP contribution in [0.25, 0.3) is 0 Å². The van der Waals surface area contributed by atoms with Gasteiger partial charge in [-0.25, -0.2) is 4.39 Å². The van der Waals surface area contributed by atoms with Crippen molar-refractivity contribution < 1.29 is 41.5 Å². The number of benzene rings is 1. The van der Waals surface area contributed by atoms with E-state index in [2.05, 4.69) is 6.07 Å². The van der Waals surface area contributed by atoms with Gasteiger partial charge in [0.15, 0.2) is 0 Å². The van der Waals surface area contributed by atoms with Gasteiger partial charge in [0.1, 0.15) is 5.67 Å². The molecule has 87 valence electrons. The van der Waals surface area contributed by atoms with Gasteiger partial charge in [-0.05, 0) is 12.8 Å². The van der Waals surface area contributed by atoms with Crippen LogP contribution in [0.15, 0.2) is 24.3 Å². The quantitative estimate of drug-likeness (QED) is 0.720. The molecule has 2 unspecified atom stereocenters. The van der Waals surface area contributed by atoms with E-state index in [1.54, 1.807) is 31.2 Å². The van der Waals surface area contributed by atoms with Crippen LogP contribution >= 0.6 is 0 Å². The Labute approximate surface area is 122 Å². The minimum absolute atomic E-state index is 0. The molecule has 1 rings (SSSR count). The van der Waals surface area contributed by atoms with Crippen LogP contribution in [0.2, 0.25) is 0 Å². The summed E-state index contributed by atoms with van der Waals surface area (Å²) in [5, 5.41) is 0. The summed E-state index contributed by atoms with van der Waals surface area (Å²) in [6.07, 6.45) is 0.818. The summed E-state index contributed by atoms with van der Waals surface area (Å²) in [5.74, 6) is -0.551. The Morgan fingerprint density at radius 1 is 1.31 bits per heavy atom. The molecule has 2 atom stereocenters. The Morgan fingerprint density at radius 3 is 2.25 bits per heavy atom.